The number of ether oxygens (including phenoxy) is 1. The van der Waals surface area contributed by atoms with Crippen LogP contribution in [-0.2, 0) is 4.74 Å². The molecule has 1 atom stereocenters. The summed E-state index contributed by atoms with van der Waals surface area (Å²) in [7, 11) is 3.70. The molecule has 0 amide bonds. The maximum atomic E-state index is 5.73. The SMILES string of the molecule is COCCN(C)C(CN)c1ccc(Br)o1. The molecule has 1 rings (SSSR count). The lowest BCUT2D eigenvalue weighted by Gasteiger charge is -2.24. The topological polar surface area (TPSA) is 51.6 Å². The molecule has 1 aromatic rings. The summed E-state index contributed by atoms with van der Waals surface area (Å²) < 4.78 is 11.3. The molecule has 0 aliphatic carbocycles. The van der Waals surface area contributed by atoms with Gasteiger partial charge < -0.3 is 14.9 Å². The van der Waals surface area contributed by atoms with Crippen LogP contribution in [0.15, 0.2) is 21.2 Å². The first-order valence-corrected chi connectivity index (χ1v) is 5.62. The van der Waals surface area contributed by atoms with Gasteiger partial charge in [0.15, 0.2) is 4.67 Å². The molecule has 0 aliphatic rings. The summed E-state index contributed by atoms with van der Waals surface area (Å²) >= 11 is 3.28. The van der Waals surface area contributed by atoms with Gasteiger partial charge in [0.1, 0.15) is 5.76 Å². The van der Waals surface area contributed by atoms with Crippen LogP contribution in [0, 0.1) is 0 Å². The summed E-state index contributed by atoms with van der Waals surface area (Å²) in [5.74, 6) is 0.878. The highest BCUT2D eigenvalue weighted by atomic mass is 79.9. The van der Waals surface area contributed by atoms with Gasteiger partial charge in [0.2, 0.25) is 0 Å². The van der Waals surface area contributed by atoms with Gasteiger partial charge in [-0.25, -0.2) is 0 Å². The van der Waals surface area contributed by atoms with Crippen molar-refractivity contribution in [3.8, 4) is 0 Å². The molecule has 15 heavy (non-hydrogen) atoms. The highest BCUT2D eigenvalue weighted by molar-refractivity contribution is 9.10. The predicted octanol–water partition coefficient (Wildman–Crippen LogP) is 1.62. The van der Waals surface area contributed by atoms with E-state index in [0.29, 0.717) is 13.2 Å². The van der Waals surface area contributed by atoms with E-state index in [-0.39, 0.29) is 6.04 Å². The number of likely N-dealkylation sites (N-methyl/N-ethyl adjacent to an activating group) is 1. The Bertz CT molecular complexity index is 291. The molecular formula is C10H17BrN2O2. The monoisotopic (exact) mass is 276 g/mol. The molecule has 0 radical (unpaired) electrons. The Morgan fingerprint density at radius 3 is 2.80 bits per heavy atom. The van der Waals surface area contributed by atoms with Gasteiger partial charge in [-0.05, 0) is 35.1 Å². The molecule has 0 bridgehead atoms. The minimum atomic E-state index is 0.103. The third kappa shape index (κ3) is 3.61. The lowest BCUT2D eigenvalue weighted by atomic mass is 10.2. The summed E-state index contributed by atoms with van der Waals surface area (Å²) in [6, 6.07) is 3.92. The van der Waals surface area contributed by atoms with Crippen LogP contribution in [0.2, 0.25) is 0 Å². The second kappa shape index (κ2) is 6.27. The summed E-state index contributed by atoms with van der Waals surface area (Å²) in [4.78, 5) is 2.12. The van der Waals surface area contributed by atoms with E-state index in [1.165, 1.54) is 0 Å². The lowest BCUT2D eigenvalue weighted by molar-refractivity contribution is 0.132. The van der Waals surface area contributed by atoms with Crippen LogP contribution in [-0.4, -0.2) is 38.8 Å². The van der Waals surface area contributed by atoms with Crippen LogP contribution in [0.5, 0.6) is 0 Å². The van der Waals surface area contributed by atoms with Gasteiger partial charge in [-0.3, -0.25) is 4.90 Å². The fourth-order valence-corrected chi connectivity index (χ4v) is 1.73. The molecule has 5 heteroatoms. The number of nitrogens with zero attached hydrogens (tertiary/aromatic N) is 1. The second-order valence-electron chi connectivity index (χ2n) is 3.37. The molecule has 4 nitrogen and oxygen atoms in total. The van der Waals surface area contributed by atoms with Crippen LogP contribution in [0.4, 0.5) is 0 Å². The van der Waals surface area contributed by atoms with Crippen molar-refractivity contribution in [3.63, 3.8) is 0 Å². The second-order valence-corrected chi connectivity index (χ2v) is 4.15. The molecule has 2 N–H and O–H groups in total. The largest absolute Gasteiger partial charge is 0.453 e. The van der Waals surface area contributed by atoms with Crippen LogP contribution in [0.3, 0.4) is 0 Å². The van der Waals surface area contributed by atoms with E-state index in [0.717, 1.165) is 17.0 Å². The maximum Gasteiger partial charge on any atom is 0.169 e. The molecule has 1 unspecified atom stereocenters. The molecular weight excluding hydrogens is 260 g/mol. The Hall–Kier alpha value is -0.360. The Morgan fingerprint density at radius 1 is 1.60 bits per heavy atom. The highest BCUT2D eigenvalue weighted by Gasteiger charge is 2.18. The van der Waals surface area contributed by atoms with Gasteiger partial charge in [-0.1, -0.05) is 0 Å². The summed E-state index contributed by atoms with van der Waals surface area (Å²) in [6.07, 6.45) is 0. The Balaban J connectivity index is 2.62. The zero-order valence-electron chi connectivity index (χ0n) is 9.07. The van der Waals surface area contributed by atoms with E-state index >= 15 is 0 Å². The first-order chi connectivity index (χ1) is 7.19. The first kappa shape index (κ1) is 12.7. The van der Waals surface area contributed by atoms with Gasteiger partial charge in [0.05, 0.1) is 12.6 Å². The van der Waals surface area contributed by atoms with Crippen LogP contribution in [0.25, 0.3) is 0 Å². The average Bonchev–Trinajstić information content (AvgIpc) is 2.63. The van der Waals surface area contributed by atoms with Crippen molar-refractivity contribution >= 4 is 15.9 Å². The zero-order chi connectivity index (χ0) is 11.3. The van der Waals surface area contributed by atoms with E-state index in [1.54, 1.807) is 7.11 Å². The summed E-state index contributed by atoms with van der Waals surface area (Å²) in [5, 5.41) is 0. The number of halogens is 1. The van der Waals surface area contributed by atoms with E-state index < -0.39 is 0 Å². The molecule has 86 valence electrons. The highest BCUT2D eigenvalue weighted by Crippen LogP contribution is 2.23. The van der Waals surface area contributed by atoms with Gasteiger partial charge in [-0.15, -0.1) is 0 Å². The zero-order valence-corrected chi connectivity index (χ0v) is 10.7. The molecule has 0 spiro atoms. The molecule has 0 fully saturated rings. The third-order valence-corrected chi connectivity index (χ3v) is 2.75. The smallest absolute Gasteiger partial charge is 0.169 e. The van der Waals surface area contributed by atoms with Crippen LogP contribution < -0.4 is 5.73 Å². The minimum Gasteiger partial charge on any atom is -0.453 e. The van der Waals surface area contributed by atoms with Crippen molar-refractivity contribution in [2.75, 3.05) is 33.9 Å². The number of nitrogens with two attached hydrogens (primary N) is 1. The standard InChI is InChI=1S/C10H17BrN2O2/c1-13(5-6-14-2)8(7-12)9-3-4-10(11)15-9/h3-4,8H,5-7,12H2,1-2H3. The van der Waals surface area contributed by atoms with Crippen molar-refractivity contribution < 1.29 is 9.15 Å². The van der Waals surface area contributed by atoms with Gasteiger partial charge >= 0.3 is 0 Å². The average molecular weight is 277 g/mol. The maximum absolute atomic E-state index is 5.73. The van der Waals surface area contributed by atoms with E-state index in [1.807, 2.05) is 19.2 Å². The molecule has 1 heterocycles. The summed E-state index contributed by atoms with van der Waals surface area (Å²) in [5.41, 5.74) is 5.73. The Morgan fingerprint density at radius 2 is 2.33 bits per heavy atom. The van der Waals surface area contributed by atoms with Crippen molar-refractivity contribution in [3.05, 3.63) is 22.6 Å². The third-order valence-electron chi connectivity index (χ3n) is 2.33. The number of hydrogen-bond donors (Lipinski definition) is 1. The number of methoxy groups -OCH3 is 1. The van der Waals surface area contributed by atoms with Crippen LogP contribution >= 0.6 is 15.9 Å². The number of furan rings is 1. The fourth-order valence-electron chi connectivity index (χ4n) is 1.41. The Kier molecular flexibility index (Phi) is 5.31. The van der Waals surface area contributed by atoms with Crippen molar-refractivity contribution in [2.24, 2.45) is 5.73 Å². The molecule has 0 aromatic carbocycles. The van der Waals surface area contributed by atoms with Gasteiger partial charge in [0, 0.05) is 20.2 Å². The van der Waals surface area contributed by atoms with E-state index in [2.05, 4.69) is 20.8 Å². The number of hydrogen-bond acceptors (Lipinski definition) is 4. The number of rotatable bonds is 6. The Labute approximate surface area is 98.5 Å². The molecule has 0 saturated carbocycles. The normalized spacial score (nSPS) is 13.4. The van der Waals surface area contributed by atoms with Gasteiger partial charge in [-0.2, -0.15) is 0 Å². The quantitative estimate of drug-likeness (QED) is 0.858. The molecule has 0 aliphatic heterocycles. The first-order valence-electron chi connectivity index (χ1n) is 4.83. The van der Waals surface area contributed by atoms with E-state index in [4.69, 9.17) is 14.9 Å². The minimum absolute atomic E-state index is 0.103. The molecule has 0 saturated heterocycles. The molecule has 1 aromatic heterocycles. The van der Waals surface area contributed by atoms with Gasteiger partial charge in [0.25, 0.3) is 0 Å². The fraction of sp³-hybridized carbons (Fsp3) is 0.600. The van der Waals surface area contributed by atoms with Crippen LogP contribution in [0.1, 0.15) is 11.8 Å². The van der Waals surface area contributed by atoms with Crippen molar-refractivity contribution in [2.45, 2.75) is 6.04 Å². The van der Waals surface area contributed by atoms with Crippen molar-refractivity contribution in [1.82, 2.24) is 4.90 Å². The lowest BCUT2D eigenvalue weighted by Crippen LogP contribution is -2.32. The van der Waals surface area contributed by atoms with Crippen molar-refractivity contribution in [1.29, 1.82) is 0 Å². The summed E-state index contributed by atoms with van der Waals surface area (Å²) in [6.45, 7) is 2.05. The predicted molar refractivity (Wildman–Crippen MR) is 62.7 cm³/mol. The van der Waals surface area contributed by atoms with E-state index in [9.17, 15) is 0 Å².